The molecular formula is C25H18FN3O6S. The number of halogens is 1. The highest BCUT2D eigenvalue weighted by atomic mass is 32.2. The number of nitrogens with one attached hydrogen (secondary N) is 1. The summed E-state index contributed by atoms with van der Waals surface area (Å²) >= 11 is 0.715. The van der Waals surface area contributed by atoms with Crippen LogP contribution in [0.5, 0.6) is 5.75 Å². The van der Waals surface area contributed by atoms with Gasteiger partial charge in [-0.1, -0.05) is 30.3 Å². The monoisotopic (exact) mass is 507 g/mol. The summed E-state index contributed by atoms with van der Waals surface area (Å²) in [5, 5.41) is 12.8. The zero-order chi connectivity index (χ0) is 25.7. The second kappa shape index (κ2) is 10.8. The fraction of sp³-hybridized carbons (Fsp3) is 0.0800. The van der Waals surface area contributed by atoms with E-state index in [1.165, 1.54) is 36.4 Å². The van der Waals surface area contributed by atoms with Gasteiger partial charge in [0.25, 0.3) is 16.8 Å². The van der Waals surface area contributed by atoms with Crippen molar-refractivity contribution in [2.75, 3.05) is 11.9 Å². The first-order valence-electron chi connectivity index (χ1n) is 10.6. The van der Waals surface area contributed by atoms with Crippen LogP contribution in [0, 0.1) is 15.9 Å². The molecule has 3 aromatic carbocycles. The molecule has 36 heavy (non-hydrogen) atoms. The van der Waals surface area contributed by atoms with Crippen LogP contribution in [0.1, 0.15) is 11.1 Å². The topological polar surface area (TPSA) is 119 Å². The molecule has 0 radical (unpaired) electrons. The lowest BCUT2D eigenvalue weighted by molar-refractivity contribution is -0.384. The molecule has 0 aromatic heterocycles. The molecular weight excluding hydrogens is 489 g/mol. The number of carbonyl (C=O) groups is 3. The molecule has 11 heteroatoms. The van der Waals surface area contributed by atoms with Crippen molar-refractivity contribution < 1.29 is 28.4 Å². The third kappa shape index (κ3) is 6.13. The SMILES string of the molecule is O=C(CN1C(=O)S/C(=C/c2ccc(OCc3cccc([N+](=O)[O-])c3)cc2)C1=O)Nc1cccc(F)c1. The summed E-state index contributed by atoms with van der Waals surface area (Å²) in [6.07, 6.45) is 1.53. The zero-order valence-electron chi connectivity index (χ0n) is 18.5. The van der Waals surface area contributed by atoms with Gasteiger partial charge in [-0.3, -0.25) is 29.4 Å². The number of thioether (sulfide) groups is 1. The molecule has 4 rings (SSSR count). The number of hydrogen-bond acceptors (Lipinski definition) is 7. The van der Waals surface area contributed by atoms with Crippen molar-refractivity contribution in [2.24, 2.45) is 0 Å². The van der Waals surface area contributed by atoms with Crippen LogP contribution in [-0.2, 0) is 16.2 Å². The molecule has 182 valence electrons. The Morgan fingerprint density at radius 3 is 2.56 bits per heavy atom. The standard InChI is InChI=1S/C25H18FN3O6S/c26-18-4-2-5-19(13-18)27-23(30)14-28-24(31)22(36-25(28)32)12-16-7-9-21(10-8-16)35-15-17-3-1-6-20(11-17)29(33)34/h1-13H,14-15H2,(H,27,30)/b22-12+. The summed E-state index contributed by atoms with van der Waals surface area (Å²) in [4.78, 5) is 48.6. The highest BCUT2D eigenvalue weighted by Crippen LogP contribution is 2.32. The van der Waals surface area contributed by atoms with E-state index in [1.807, 2.05) is 0 Å². The van der Waals surface area contributed by atoms with E-state index in [2.05, 4.69) is 5.32 Å². The van der Waals surface area contributed by atoms with Gasteiger partial charge in [0.1, 0.15) is 24.7 Å². The number of amides is 3. The molecule has 3 amide bonds. The highest BCUT2D eigenvalue weighted by molar-refractivity contribution is 8.18. The Morgan fingerprint density at radius 1 is 1.08 bits per heavy atom. The number of rotatable bonds is 8. The number of anilines is 1. The predicted octanol–water partition coefficient (Wildman–Crippen LogP) is 4.99. The number of nitro groups is 1. The Bertz CT molecular complexity index is 1380. The second-order valence-corrected chi connectivity index (χ2v) is 8.60. The van der Waals surface area contributed by atoms with Gasteiger partial charge in [-0.05, 0) is 59.3 Å². The van der Waals surface area contributed by atoms with Crippen LogP contribution in [0.15, 0.2) is 77.7 Å². The van der Waals surface area contributed by atoms with Crippen LogP contribution in [0.25, 0.3) is 6.08 Å². The molecule has 9 nitrogen and oxygen atoms in total. The van der Waals surface area contributed by atoms with Crippen molar-refractivity contribution in [3.63, 3.8) is 0 Å². The lowest BCUT2D eigenvalue weighted by atomic mass is 10.2. The van der Waals surface area contributed by atoms with E-state index in [9.17, 15) is 28.9 Å². The number of ether oxygens (including phenoxy) is 1. The molecule has 0 bridgehead atoms. The number of benzene rings is 3. The fourth-order valence-electron chi connectivity index (χ4n) is 3.28. The minimum Gasteiger partial charge on any atom is -0.489 e. The number of nitro benzene ring substituents is 1. The maximum absolute atomic E-state index is 13.3. The average Bonchev–Trinajstić information content (AvgIpc) is 3.11. The van der Waals surface area contributed by atoms with Gasteiger partial charge in [0.2, 0.25) is 5.91 Å². The maximum atomic E-state index is 13.3. The summed E-state index contributed by atoms with van der Waals surface area (Å²) in [5.41, 5.74) is 1.47. The third-order valence-corrected chi connectivity index (χ3v) is 5.90. The Labute approximate surface area is 208 Å². The lowest BCUT2D eigenvalue weighted by Gasteiger charge is -2.12. The Morgan fingerprint density at radius 2 is 1.83 bits per heavy atom. The third-order valence-electron chi connectivity index (χ3n) is 4.99. The van der Waals surface area contributed by atoms with Crippen LogP contribution in [0.2, 0.25) is 0 Å². The molecule has 0 unspecified atom stereocenters. The smallest absolute Gasteiger partial charge is 0.294 e. The van der Waals surface area contributed by atoms with Crippen LogP contribution >= 0.6 is 11.8 Å². The first kappa shape index (κ1) is 24.6. The van der Waals surface area contributed by atoms with Crippen molar-refractivity contribution in [3.8, 4) is 5.75 Å². The summed E-state index contributed by atoms with van der Waals surface area (Å²) in [7, 11) is 0. The van der Waals surface area contributed by atoms with Gasteiger partial charge < -0.3 is 10.1 Å². The van der Waals surface area contributed by atoms with Crippen LogP contribution in [-0.4, -0.2) is 33.4 Å². The normalized spacial score (nSPS) is 14.2. The molecule has 1 saturated heterocycles. The summed E-state index contributed by atoms with van der Waals surface area (Å²) in [6, 6.07) is 18.1. The van der Waals surface area contributed by atoms with Gasteiger partial charge in [-0.25, -0.2) is 4.39 Å². The quantitative estimate of drug-likeness (QED) is 0.259. The molecule has 0 atom stereocenters. The average molecular weight is 507 g/mol. The lowest BCUT2D eigenvalue weighted by Crippen LogP contribution is -2.36. The van der Waals surface area contributed by atoms with E-state index in [1.54, 1.807) is 36.4 Å². The predicted molar refractivity (Wildman–Crippen MR) is 132 cm³/mol. The Balaban J connectivity index is 1.35. The van der Waals surface area contributed by atoms with E-state index >= 15 is 0 Å². The molecule has 1 fully saturated rings. The van der Waals surface area contributed by atoms with E-state index in [0.717, 1.165) is 11.0 Å². The number of non-ortho nitro benzene ring substituents is 1. The molecule has 1 aliphatic heterocycles. The first-order chi connectivity index (χ1) is 17.3. The molecule has 1 aliphatic rings. The van der Waals surface area contributed by atoms with Crippen molar-refractivity contribution in [1.82, 2.24) is 4.90 Å². The number of nitrogens with zero attached hydrogens (tertiary/aromatic N) is 2. The fourth-order valence-corrected chi connectivity index (χ4v) is 4.12. The Hall–Kier alpha value is -4.51. The van der Waals surface area contributed by atoms with Gasteiger partial charge in [0.15, 0.2) is 0 Å². The van der Waals surface area contributed by atoms with Gasteiger partial charge in [-0.2, -0.15) is 0 Å². The van der Waals surface area contributed by atoms with Crippen LogP contribution < -0.4 is 10.1 Å². The van der Waals surface area contributed by atoms with E-state index < -0.39 is 34.3 Å². The van der Waals surface area contributed by atoms with Crippen molar-refractivity contribution in [2.45, 2.75) is 6.61 Å². The van der Waals surface area contributed by atoms with Crippen molar-refractivity contribution >= 4 is 46.3 Å². The van der Waals surface area contributed by atoms with Crippen LogP contribution in [0.4, 0.5) is 20.6 Å². The number of hydrogen-bond donors (Lipinski definition) is 1. The highest BCUT2D eigenvalue weighted by Gasteiger charge is 2.36. The van der Waals surface area contributed by atoms with E-state index in [4.69, 9.17) is 4.74 Å². The van der Waals surface area contributed by atoms with Gasteiger partial charge in [-0.15, -0.1) is 0 Å². The van der Waals surface area contributed by atoms with Gasteiger partial charge >= 0.3 is 0 Å². The molecule has 1 N–H and O–H groups in total. The zero-order valence-corrected chi connectivity index (χ0v) is 19.4. The molecule has 0 aliphatic carbocycles. The number of imide groups is 1. The molecule has 3 aromatic rings. The minimum atomic E-state index is -0.630. The molecule has 0 spiro atoms. The maximum Gasteiger partial charge on any atom is 0.294 e. The largest absolute Gasteiger partial charge is 0.489 e. The minimum absolute atomic E-state index is 0.0214. The summed E-state index contributed by atoms with van der Waals surface area (Å²) in [5.74, 6) is -1.25. The summed E-state index contributed by atoms with van der Waals surface area (Å²) < 4.78 is 18.9. The van der Waals surface area contributed by atoms with Gasteiger partial charge in [0, 0.05) is 17.8 Å². The van der Waals surface area contributed by atoms with Gasteiger partial charge in [0.05, 0.1) is 9.83 Å². The molecule has 0 saturated carbocycles. The second-order valence-electron chi connectivity index (χ2n) is 7.61. The Kier molecular flexibility index (Phi) is 7.40. The first-order valence-corrected chi connectivity index (χ1v) is 11.4. The van der Waals surface area contributed by atoms with Crippen molar-refractivity contribution in [3.05, 3.63) is 105 Å². The van der Waals surface area contributed by atoms with E-state index in [-0.39, 0.29) is 22.9 Å². The molecule has 1 heterocycles. The van der Waals surface area contributed by atoms with Crippen LogP contribution in [0.3, 0.4) is 0 Å². The summed E-state index contributed by atoms with van der Waals surface area (Å²) in [6.45, 7) is -0.361. The van der Waals surface area contributed by atoms with E-state index in [0.29, 0.717) is 28.6 Å². The van der Waals surface area contributed by atoms with Crippen molar-refractivity contribution in [1.29, 1.82) is 0 Å². The number of carbonyl (C=O) groups excluding carboxylic acids is 3.